The molecule has 0 radical (unpaired) electrons. The molecule has 0 saturated carbocycles. The van der Waals surface area contributed by atoms with E-state index in [1.807, 2.05) is 60.7 Å². The molecule has 6 rings (SSSR count). The zero-order chi connectivity index (χ0) is 23.1. The van der Waals surface area contributed by atoms with Gasteiger partial charge < -0.3 is 4.42 Å². The fourth-order valence-corrected chi connectivity index (χ4v) is 4.46. The van der Waals surface area contributed by atoms with Crippen LogP contribution in [0.1, 0.15) is 5.56 Å². The molecule has 3 nitrogen and oxygen atoms in total. The summed E-state index contributed by atoms with van der Waals surface area (Å²) in [5.41, 5.74) is 6.85. The molecule has 0 fully saturated rings. The molecule has 4 heteroatoms. The SMILES string of the molecule is N#Cc1ccc2c(oc3c(-c4cccc(F)n4)cccc32)c1-c1ccc(-c2ccccc2)cc1. The first kappa shape index (κ1) is 19.9. The van der Waals surface area contributed by atoms with Gasteiger partial charge in [-0.25, -0.2) is 4.98 Å². The fourth-order valence-electron chi connectivity index (χ4n) is 4.46. The number of nitriles is 1. The first-order valence-corrected chi connectivity index (χ1v) is 10.9. The van der Waals surface area contributed by atoms with Gasteiger partial charge in [-0.05, 0) is 47.0 Å². The van der Waals surface area contributed by atoms with Crippen LogP contribution in [0, 0.1) is 17.3 Å². The maximum absolute atomic E-state index is 13.8. The zero-order valence-corrected chi connectivity index (χ0v) is 18.0. The van der Waals surface area contributed by atoms with Gasteiger partial charge in [-0.1, -0.05) is 72.8 Å². The molecule has 0 aliphatic heterocycles. The van der Waals surface area contributed by atoms with E-state index in [0.29, 0.717) is 28.0 Å². The minimum Gasteiger partial charge on any atom is -0.455 e. The van der Waals surface area contributed by atoms with Crippen LogP contribution >= 0.6 is 0 Å². The summed E-state index contributed by atoms with van der Waals surface area (Å²) < 4.78 is 20.2. The summed E-state index contributed by atoms with van der Waals surface area (Å²) >= 11 is 0. The molecule has 0 spiro atoms. The maximum Gasteiger partial charge on any atom is 0.213 e. The Balaban J connectivity index is 1.58. The minimum absolute atomic E-state index is 0.499. The number of hydrogen-bond acceptors (Lipinski definition) is 3. The first-order chi connectivity index (χ1) is 16.7. The molecule has 4 aromatic carbocycles. The quantitative estimate of drug-likeness (QED) is 0.262. The topological polar surface area (TPSA) is 49.8 Å². The van der Waals surface area contributed by atoms with E-state index in [9.17, 15) is 9.65 Å². The molecule has 0 atom stereocenters. The van der Waals surface area contributed by atoms with E-state index in [0.717, 1.165) is 33.0 Å². The van der Waals surface area contributed by atoms with Crippen LogP contribution in [0.25, 0.3) is 55.4 Å². The molecular weight excluding hydrogens is 423 g/mol. The molecule has 160 valence electrons. The van der Waals surface area contributed by atoms with E-state index in [-0.39, 0.29) is 0 Å². The number of nitrogens with zero attached hydrogens (tertiary/aromatic N) is 2. The van der Waals surface area contributed by atoms with Gasteiger partial charge in [0, 0.05) is 21.9 Å². The number of pyridine rings is 1. The summed E-state index contributed by atoms with van der Waals surface area (Å²) in [6.45, 7) is 0. The van der Waals surface area contributed by atoms with Crippen molar-refractivity contribution in [1.29, 1.82) is 5.26 Å². The highest BCUT2D eigenvalue weighted by atomic mass is 19.1. The Morgan fingerprint density at radius 3 is 2.12 bits per heavy atom. The summed E-state index contributed by atoms with van der Waals surface area (Å²) in [4.78, 5) is 4.04. The Morgan fingerprint density at radius 1 is 0.647 bits per heavy atom. The summed E-state index contributed by atoms with van der Waals surface area (Å²) in [6.07, 6.45) is 0. The molecule has 2 heterocycles. The second kappa shape index (κ2) is 7.99. The minimum atomic E-state index is -0.545. The molecule has 0 aliphatic carbocycles. The number of aromatic nitrogens is 1. The van der Waals surface area contributed by atoms with Crippen molar-refractivity contribution >= 4 is 21.9 Å². The normalized spacial score (nSPS) is 11.1. The number of furan rings is 1. The van der Waals surface area contributed by atoms with Crippen molar-refractivity contribution in [2.75, 3.05) is 0 Å². The van der Waals surface area contributed by atoms with Gasteiger partial charge in [-0.2, -0.15) is 9.65 Å². The molecular formula is C30H17FN2O. The summed E-state index contributed by atoms with van der Waals surface area (Å²) in [6, 6.07) is 34.8. The van der Waals surface area contributed by atoms with Crippen LogP contribution in [0.3, 0.4) is 0 Å². The van der Waals surface area contributed by atoms with Gasteiger partial charge in [-0.3, -0.25) is 0 Å². The first-order valence-electron chi connectivity index (χ1n) is 10.9. The maximum atomic E-state index is 13.8. The van der Waals surface area contributed by atoms with Crippen molar-refractivity contribution in [2.24, 2.45) is 0 Å². The largest absolute Gasteiger partial charge is 0.455 e. The van der Waals surface area contributed by atoms with E-state index >= 15 is 0 Å². The Labute approximate surface area is 195 Å². The van der Waals surface area contributed by atoms with E-state index in [4.69, 9.17) is 4.42 Å². The summed E-state index contributed by atoms with van der Waals surface area (Å²) in [5, 5.41) is 11.7. The monoisotopic (exact) mass is 440 g/mol. The predicted molar refractivity (Wildman–Crippen MR) is 132 cm³/mol. The van der Waals surface area contributed by atoms with Gasteiger partial charge in [0.25, 0.3) is 0 Å². The molecule has 0 N–H and O–H groups in total. The van der Waals surface area contributed by atoms with Gasteiger partial charge in [0.1, 0.15) is 11.2 Å². The van der Waals surface area contributed by atoms with Gasteiger partial charge in [0.2, 0.25) is 5.95 Å². The van der Waals surface area contributed by atoms with E-state index in [1.165, 1.54) is 6.07 Å². The lowest BCUT2D eigenvalue weighted by Crippen LogP contribution is -1.87. The van der Waals surface area contributed by atoms with Gasteiger partial charge >= 0.3 is 0 Å². The third-order valence-corrected chi connectivity index (χ3v) is 6.06. The van der Waals surface area contributed by atoms with Crippen LogP contribution in [0.2, 0.25) is 0 Å². The second-order valence-corrected chi connectivity index (χ2v) is 8.05. The molecule has 0 saturated heterocycles. The average Bonchev–Trinajstić information content (AvgIpc) is 3.27. The standard InChI is InChI=1S/C30H17FN2O/c31-27-11-5-10-26(33-27)25-9-4-8-23-24-17-16-22(18-32)28(30(24)34-29(23)25)21-14-12-20(13-15-21)19-6-2-1-3-7-19/h1-17H. The third-order valence-electron chi connectivity index (χ3n) is 6.06. The summed E-state index contributed by atoms with van der Waals surface area (Å²) in [7, 11) is 0. The Hall–Kier alpha value is -4.75. The molecule has 2 aromatic heterocycles. The highest BCUT2D eigenvalue weighted by Gasteiger charge is 2.19. The average molecular weight is 440 g/mol. The van der Waals surface area contributed by atoms with E-state index in [1.54, 1.807) is 12.1 Å². The van der Waals surface area contributed by atoms with Crippen LogP contribution in [0.4, 0.5) is 4.39 Å². The number of hydrogen-bond donors (Lipinski definition) is 0. The Bertz CT molecular complexity index is 1710. The molecule has 0 bridgehead atoms. The second-order valence-electron chi connectivity index (χ2n) is 8.05. The number of para-hydroxylation sites is 1. The van der Waals surface area contributed by atoms with Crippen LogP contribution in [0.5, 0.6) is 0 Å². The van der Waals surface area contributed by atoms with Gasteiger partial charge in [0.05, 0.1) is 17.3 Å². The number of halogens is 1. The Morgan fingerprint density at radius 2 is 1.35 bits per heavy atom. The zero-order valence-electron chi connectivity index (χ0n) is 18.0. The van der Waals surface area contributed by atoms with Crippen molar-refractivity contribution in [3.8, 4) is 39.6 Å². The highest BCUT2D eigenvalue weighted by Crippen LogP contribution is 2.41. The molecule has 6 aromatic rings. The van der Waals surface area contributed by atoms with Gasteiger partial charge in [0.15, 0.2) is 0 Å². The van der Waals surface area contributed by atoms with E-state index < -0.39 is 5.95 Å². The predicted octanol–water partition coefficient (Wildman–Crippen LogP) is 7.99. The molecule has 0 amide bonds. The molecule has 34 heavy (non-hydrogen) atoms. The van der Waals surface area contributed by atoms with Crippen molar-refractivity contribution in [2.45, 2.75) is 0 Å². The number of fused-ring (bicyclic) bond motifs is 3. The number of rotatable bonds is 3. The smallest absolute Gasteiger partial charge is 0.213 e. The number of benzene rings is 4. The van der Waals surface area contributed by atoms with Crippen LogP contribution < -0.4 is 0 Å². The van der Waals surface area contributed by atoms with Gasteiger partial charge in [-0.15, -0.1) is 0 Å². The van der Waals surface area contributed by atoms with Crippen LogP contribution in [-0.2, 0) is 0 Å². The van der Waals surface area contributed by atoms with Crippen molar-refractivity contribution in [3.05, 3.63) is 115 Å². The Kier molecular flexibility index (Phi) is 4.67. The summed E-state index contributed by atoms with van der Waals surface area (Å²) in [5.74, 6) is -0.545. The highest BCUT2D eigenvalue weighted by molar-refractivity contribution is 6.13. The van der Waals surface area contributed by atoms with E-state index in [2.05, 4.69) is 35.3 Å². The lowest BCUT2D eigenvalue weighted by molar-refractivity contribution is 0.585. The lowest BCUT2D eigenvalue weighted by atomic mass is 9.95. The van der Waals surface area contributed by atoms with Crippen molar-refractivity contribution < 1.29 is 8.81 Å². The van der Waals surface area contributed by atoms with Crippen molar-refractivity contribution in [3.63, 3.8) is 0 Å². The molecule has 0 aliphatic rings. The van der Waals surface area contributed by atoms with Crippen molar-refractivity contribution in [1.82, 2.24) is 4.98 Å². The molecule has 0 unspecified atom stereocenters. The van der Waals surface area contributed by atoms with Crippen LogP contribution in [0.15, 0.2) is 108 Å². The third kappa shape index (κ3) is 3.23. The fraction of sp³-hybridized carbons (Fsp3) is 0. The lowest BCUT2D eigenvalue weighted by Gasteiger charge is -2.07. The van der Waals surface area contributed by atoms with Crippen LogP contribution in [-0.4, -0.2) is 4.98 Å².